The highest BCUT2D eigenvalue weighted by Gasteiger charge is 2.09. The summed E-state index contributed by atoms with van der Waals surface area (Å²) < 4.78 is 6.63. The van der Waals surface area contributed by atoms with Crippen LogP contribution in [0.5, 0.6) is 6.01 Å². The van der Waals surface area contributed by atoms with Crippen molar-refractivity contribution in [2.45, 2.75) is 13.3 Å². The van der Waals surface area contributed by atoms with Crippen LogP contribution in [-0.4, -0.2) is 53.0 Å². The van der Waals surface area contributed by atoms with Gasteiger partial charge in [-0.05, 0) is 38.7 Å². The maximum absolute atomic E-state index is 11.2. The van der Waals surface area contributed by atoms with E-state index in [2.05, 4.69) is 25.2 Å². The molecule has 0 fully saturated rings. The summed E-state index contributed by atoms with van der Waals surface area (Å²) in [5, 5.41) is 3.31. The van der Waals surface area contributed by atoms with Gasteiger partial charge in [0, 0.05) is 25.2 Å². The molecule has 2 aromatic heterocycles. The molecule has 0 unspecified atom stereocenters. The van der Waals surface area contributed by atoms with Gasteiger partial charge in [-0.2, -0.15) is 4.98 Å². The number of thiazole rings is 1. The smallest absolute Gasteiger partial charge is 0.316 e. The fraction of sp³-hybridized carbons (Fsp3) is 0.333. The first kappa shape index (κ1) is 18.2. The van der Waals surface area contributed by atoms with Crippen LogP contribution in [0.1, 0.15) is 13.3 Å². The van der Waals surface area contributed by atoms with Crippen LogP contribution in [0.2, 0.25) is 0 Å². The number of amides is 1. The molecule has 26 heavy (non-hydrogen) atoms. The van der Waals surface area contributed by atoms with Crippen LogP contribution < -0.4 is 10.1 Å². The molecular formula is C18H21N5O2S. The SMILES string of the molecule is CC(=O)Nc1nc2ccc(-c3ccnc(OCCCN(C)C)n3)cc2s1. The van der Waals surface area contributed by atoms with Crippen LogP contribution in [0.3, 0.4) is 0 Å². The van der Waals surface area contributed by atoms with Crippen molar-refractivity contribution in [1.29, 1.82) is 0 Å². The van der Waals surface area contributed by atoms with E-state index in [1.807, 2.05) is 38.4 Å². The normalized spacial score (nSPS) is 11.1. The van der Waals surface area contributed by atoms with Gasteiger partial charge in [0.1, 0.15) is 0 Å². The third-order valence-electron chi connectivity index (χ3n) is 3.58. The first-order valence-electron chi connectivity index (χ1n) is 8.30. The largest absolute Gasteiger partial charge is 0.463 e. The van der Waals surface area contributed by atoms with Gasteiger partial charge in [-0.1, -0.05) is 17.4 Å². The Labute approximate surface area is 156 Å². The van der Waals surface area contributed by atoms with Crippen LogP contribution >= 0.6 is 11.3 Å². The number of aromatic nitrogens is 3. The Balaban J connectivity index is 1.75. The minimum Gasteiger partial charge on any atom is -0.463 e. The molecule has 0 atom stereocenters. The number of benzene rings is 1. The van der Waals surface area contributed by atoms with E-state index in [1.54, 1.807) is 6.20 Å². The van der Waals surface area contributed by atoms with Crippen molar-refractivity contribution in [2.24, 2.45) is 0 Å². The molecule has 0 spiro atoms. The van der Waals surface area contributed by atoms with E-state index in [4.69, 9.17) is 4.74 Å². The highest BCUT2D eigenvalue weighted by Crippen LogP contribution is 2.30. The number of nitrogens with one attached hydrogen (secondary N) is 1. The molecule has 2 heterocycles. The summed E-state index contributed by atoms with van der Waals surface area (Å²) in [4.78, 5) is 26.4. The van der Waals surface area contributed by atoms with Crippen LogP contribution in [0, 0.1) is 0 Å². The molecule has 1 N–H and O–H groups in total. The molecule has 0 radical (unpaired) electrons. The summed E-state index contributed by atoms with van der Waals surface area (Å²) >= 11 is 1.44. The van der Waals surface area contributed by atoms with Crippen LogP contribution in [0.15, 0.2) is 30.5 Å². The zero-order valence-electron chi connectivity index (χ0n) is 15.0. The number of anilines is 1. The second-order valence-corrected chi connectivity index (χ2v) is 7.14. The average Bonchev–Trinajstić information content (AvgIpc) is 2.99. The fourth-order valence-corrected chi connectivity index (χ4v) is 3.35. The van der Waals surface area contributed by atoms with Gasteiger partial charge in [0.15, 0.2) is 5.13 Å². The number of ether oxygens (including phenoxy) is 1. The van der Waals surface area contributed by atoms with Crippen LogP contribution in [0.25, 0.3) is 21.5 Å². The van der Waals surface area contributed by atoms with Gasteiger partial charge in [-0.15, -0.1) is 0 Å². The fourth-order valence-electron chi connectivity index (χ4n) is 2.40. The molecule has 3 aromatic rings. The van der Waals surface area contributed by atoms with E-state index in [1.165, 1.54) is 18.3 Å². The topological polar surface area (TPSA) is 80.2 Å². The predicted octanol–water partition coefficient (Wildman–Crippen LogP) is 3.04. The number of rotatable bonds is 7. The minimum absolute atomic E-state index is 0.129. The number of carbonyl (C=O) groups is 1. The van der Waals surface area contributed by atoms with E-state index >= 15 is 0 Å². The number of fused-ring (bicyclic) bond motifs is 1. The second kappa shape index (κ2) is 8.20. The third-order valence-corrected chi connectivity index (χ3v) is 4.52. The Morgan fingerprint density at radius 2 is 2.12 bits per heavy atom. The quantitative estimate of drug-likeness (QED) is 0.643. The first-order chi connectivity index (χ1) is 12.5. The maximum Gasteiger partial charge on any atom is 0.316 e. The van der Waals surface area contributed by atoms with Crippen molar-refractivity contribution < 1.29 is 9.53 Å². The lowest BCUT2D eigenvalue weighted by molar-refractivity contribution is -0.114. The summed E-state index contributed by atoms with van der Waals surface area (Å²) in [6.45, 7) is 3.01. The molecule has 7 nitrogen and oxygen atoms in total. The molecule has 0 aliphatic heterocycles. The van der Waals surface area contributed by atoms with Crippen molar-refractivity contribution in [3.8, 4) is 17.3 Å². The molecular weight excluding hydrogens is 350 g/mol. The summed E-state index contributed by atoms with van der Waals surface area (Å²) in [6, 6.07) is 8.12. The molecule has 0 saturated heterocycles. The molecule has 0 aliphatic rings. The third kappa shape index (κ3) is 4.74. The molecule has 136 valence electrons. The summed E-state index contributed by atoms with van der Waals surface area (Å²) in [5.74, 6) is -0.129. The van der Waals surface area contributed by atoms with Gasteiger partial charge in [0.2, 0.25) is 5.91 Å². The van der Waals surface area contributed by atoms with E-state index in [9.17, 15) is 4.79 Å². The van der Waals surface area contributed by atoms with Gasteiger partial charge >= 0.3 is 6.01 Å². The van der Waals surface area contributed by atoms with E-state index in [0.29, 0.717) is 17.7 Å². The number of hydrogen-bond acceptors (Lipinski definition) is 7. The predicted molar refractivity (Wildman–Crippen MR) is 104 cm³/mol. The molecule has 0 bridgehead atoms. The lowest BCUT2D eigenvalue weighted by atomic mass is 10.1. The Morgan fingerprint density at radius 3 is 2.88 bits per heavy atom. The first-order valence-corrected chi connectivity index (χ1v) is 9.12. The van der Waals surface area contributed by atoms with Crippen molar-refractivity contribution >= 4 is 32.6 Å². The highest BCUT2D eigenvalue weighted by molar-refractivity contribution is 7.22. The minimum atomic E-state index is -0.129. The monoisotopic (exact) mass is 371 g/mol. The molecule has 0 saturated carbocycles. The van der Waals surface area contributed by atoms with Gasteiger partial charge in [0.25, 0.3) is 0 Å². The van der Waals surface area contributed by atoms with E-state index in [-0.39, 0.29) is 5.91 Å². The molecule has 1 aromatic carbocycles. The van der Waals surface area contributed by atoms with E-state index < -0.39 is 0 Å². The average molecular weight is 371 g/mol. The number of nitrogens with zero attached hydrogens (tertiary/aromatic N) is 4. The lowest BCUT2D eigenvalue weighted by Crippen LogP contribution is -2.16. The Kier molecular flexibility index (Phi) is 5.75. The molecule has 3 rings (SSSR count). The van der Waals surface area contributed by atoms with Crippen molar-refractivity contribution in [2.75, 3.05) is 32.6 Å². The maximum atomic E-state index is 11.2. The van der Waals surface area contributed by atoms with Crippen LogP contribution in [-0.2, 0) is 4.79 Å². The summed E-state index contributed by atoms with van der Waals surface area (Å²) in [7, 11) is 4.06. The van der Waals surface area contributed by atoms with Gasteiger partial charge in [-0.3, -0.25) is 4.79 Å². The second-order valence-electron chi connectivity index (χ2n) is 6.11. The van der Waals surface area contributed by atoms with Crippen molar-refractivity contribution in [3.05, 3.63) is 30.5 Å². The van der Waals surface area contributed by atoms with Gasteiger partial charge < -0.3 is 15.0 Å². The van der Waals surface area contributed by atoms with Gasteiger partial charge in [0.05, 0.1) is 22.5 Å². The number of hydrogen-bond donors (Lipinski definition) is 1. The van der Waals surface area contributed by atoms with Crippen LogP contribution in [0.4, 0.5) is 5.13 Å². The summed E-state index contributed by atoms with van der Waals surface area (Å²) in [5.41, 5.74) is 2.59. The highest BCUT2D eigenvalue weighted by atomic mass is 32.1. The lowest BCUT2D eigenvalue weighted by Gasteiger charge is -2.09. The summed E-state index contributed by atoms with van der Waals surface area (Å²) in [6.07, 6.45) is 2.61. The Bertz CT molecular complexity index is 909. The van der Waals surface area contributed by atoms with Gasteiger partial charge in [-0.25, -0.2) is 9.97 Å². The molecule has 1 amide bonds. The Hall–Kier alpha value is -2.58. The zero-order chi connectivity index (χ0) is 18.5. The van der Waals surface area contributed by atoms with Crippen molar-refractivity contribution in [1.82, 2.24) is 19.9 Å². The number of carbonyl (C=O) groups excluding carboxylic acids is 1. The standard InChI is InChI=1S/C18H21N5O2S/c1-12(24)20-18-22-15-6-5-13(11-16(15)26-18)14-7-8-19-17(21-14)25-10-4-9-23(2)3/h5-8,11H,4,9-10H2,1-3H3,(H,20,22,24). The molecule has 8 heteroatoms. The van der Waals surface area contributed by atoms with E-state index in [0.717, 1.165) is 34.4 Å². The molecule has 0 aliphatic carbocycles. The Morgan fingerprint density at radius 1 is 1.27 bits per heavy atom. The van der Waals surface area contributed by atoms with Crippen molar-refractivity contribution in [3.63, 3.8) is 0 Å². The zero-order valence-corrected chi connectivity index (χ0v) is 15.8.